The molecule has 0 unspecified atom stereocenters. The molecule has 3 nitrogen and oxygen atoms in total. The van der Waals surface area contributed by atoms with Crippen LogP contribution in [-0.4, -0.2) is 0 Å². The van der Waals surface area contributed by atoms with Crippen LogP contribution in [0, 0.1) is 10.8 Å². The molecule has 0 aromatic rings. The molecular weight excluding hydrogens is 90.1 g/mol. The van der Waals surface area contributed by atoms with Crippen molar-refractivity contribution in [2.75, 3.05) is 0 Å². The first-order chi connectivity index (χ1) is 3.91. The Labute approximate surface area is 49.2 Å². The second kappa shape index (κ2) is 54.2. The lowest BCUT2D eigenvalue weighted by atomic mass is 10.4. The summed E-state index contributed by atoms with van der Waals surface area (Å²) in [7, 11) is 0. The highest BCUT2D eigenvalue weighted by molar-refractivity contribution is 4.12. The maximum Gasteiger partial charge on any atom is 0.115 e. The van der Waals surface area contributed by atoms with E-state index in [1.165, 1.54) is 12.8 Å². The molecule has 48 valence electrons. The van der Waals surface area contributed by atoms with Crippen LogP contribution in [0.2, 0.25) is 1.41 Å². The Morgan fingerprint density at radius 1 is 1.43 bits per heavy atom. The molecule has 0 aromatic heterocycles. The fourth-order valence-electron chi connectivity index (χ4n) is 0. The Balaban J connectivity index is -0.0000000125. The summed E-state index contributed by atoms with van der Waals surface area (Å²) in [6.07, 6.45) is 6.39. The zero-order valence-electron chi connectivity index (χ0n) is 5.89. The van der Waals surface area contributed by atoms with Crippen LogP contribution < -0.4 is 6.14 Å². The van der Waals surface area contributed by atoms with Gasteiger partial charge in [0.2, 0.25) is 0 Å². The smallest absolute Gasteiger partial charge is 0.115 e. The lowest BCUT2D eigenvalue weighted by molar-refractivity contribution is 0.886. The maximum absolute atomic E-state index is 6.00. The summed E-state index contributed by atoms with van der Waals surface area (Å²) in [4.78, 5) is 0. The van der Waals surface area contributed by atoms with E-state index in [4.69, 9.17) is 12.2 Å². The van der Waals surface area contributed by atoms with Crippen molar-refractivity contribution >= 4 is 0 Å². The van der Waals surface area contributed by atoms with Gasteiger partial charge >= 0.3 is 0 Å². The average Bonchev–Trinajstić information content (AvgIpc) is 1.96. The zero-order chi connectivity index (χ0) is 7.41. The molecule has 0 aliphatic rings. The molecule has 0 amide bonds. The van der Waals surface area contributed by atoms with Gasteiger partial charge in [-0.25, -0.2) is 0 Å². The fourth-order valence-corrected chi connectivity index (χ4v) is 0. The highest BCUT2D eigenvalue weighted by Crippen LogP contribution is 1.76. The Morgan fingerprint density at radius 2 is 1.57 bits per heavy atom. The quantitative estimate of drug-likeness (QED) is 0.527. The number of hydrogen-bond acceptors (Lipinski definition) is 3. The number of rotatable bonds is 1. The Morgan fingerprint density at radius 3 is 1.57 bits per heavy atom. The number of nitrogens with zero attached hydrogens (tertiary/aromatic N) is 2. The molecule has 7 heavy (non-hydrogen) atoms. The molecule has 0 radical (unpaired) electrons. The van der Waals surface area contributed by atoms with Crippen LogP contribution in [0.1, 0.15) is 29.5 Å². The van der Waals surface area contributed by atoms with Crippen LogP contribution >= 0.6 is 0 Å². The predicted octanol–water partition coefficient (Wildman–Crippen LogP) is 2.49. The SMILES string of the molecule is CCCC.N#N.[2HH].[2HH].[3H]N. The molecule has 0 aliphatic carbocycles. The summed E-state index contributed by atoms with van der Waals surface area (Å²) >= 11 is 0. The summed E-state index contributed by atoms with van der Waals surface area (Å²) < 4.78 is 5.25. The van der Waals surface area contributed by atoms with Gasteiger partial charge in [0.05, 0.1) is 0 Å². The van der Waals surface area contributed by atoms with Crippen molar-refractivity contribution in [2.45, 2.75) is 26.7 Å². The molecule has 0 aromatic carbocycles. The summed E-state index contributed by atoms with van der Waals surface area (Å²) in [5, 5.41) is 12.0. The van der Waals surface area contributed by atoms with E-state index in [0.717, 1.165) is 0 Å². The highest BCUT2D eigenvalue weighted by atomic mass is 14.6. The van der Waals surface area contributed by atoms with Crippen molar-refractivity contribution in [3.63, 3.8) is 0 Å². The molecule has 0 atom stereocenters. The summed E-state index contributed by atoms with van der Waals surface area (Å²) in [6, 6.07) is 0. The normalized spacial score (nSPS) is 5.57. The van der Waals surface area contributed by atoms with E-state index in [1.807, 2.05) is 0 Å². The van der Waals surface area contributed by atoms with Crippen molar-refractivity contribution < 1.29 is 4.27 Å². The number of hydrogen-bond donors (Lipinski definition) is 1. The van der Waals surface area contributed by atoms with E-state index in [0.29, 0.717) is 0 Å². The molecule has 0 saturated heterocycles. The van der Waals surface area contributed by atoms with Crippen LogP contribution in [0.5, 0.6) is 0 Å². The Bertz CT molecular complexity index is 32.2. The molecule has 0 bridgehead atoms. The van der Waals surface area contributed by atoms with Gasteiger partial charge in [-0.1, -0.05) is 26.7 Å². The highest BCUT2D eigenvalue weighted by Gasteiger charge is 1.56. The van der Waals surface area contributed by atoms with Crippen LogP contribution in [0.3, 0.4) is 0 Å². The van der Waals surface area contributed by atoms with E-state index in [9.17, 15) is 0 Å². The third kappa shape index (κ3) is 426. The van der Waals surface area contributed by atoms with Gasteiger partial charge in [0, 0.05) is 13.6 Å². The van der Waals surface area contributed by atoms with Crippen molar-refractivity contribution in [1.29, 1.82) is 10.8 Å². The average molecular weight is 111 g/mol. The van der Waals surface area contributed by atoms with Gasteiger partial charge in [0.15, 0.2) is 0 Å². The van der Waals surface area contributed by atoms with Gasteiger partial charge in [-0.2, -0.15) is 0 Å². The molecule has 0 rings (SSSR count). The van der Waals surface area contributed by atoms with Gasteiger partial charge in [0.1, 0.15) is 1.41 Å². The predicted molar refractivity (Wildman–Crippen MR) is 33.3 cm³/mol. The lowest BCUT2D eigenvalue weighted by Gasteiger charge is -1.68. The maximum atomic E-state index is 6.00. The minimum Gasteiger partial charge on any atom is -0.344 e. The first-order valence-corrected chi connectivity index (χ1v) is 2.11. The van der Waals surface area contributed by atoms with Gasteiger partial charge < -0.3 is 6.14 Å². The zero-order valence-corrected chi connectivity index (χ0v) is 4.89. The van der Waals surface area contributed by atoms with Gasteiger partial charge in [0.25, 0.3) is 0 Å². The van der Waals surface area contributed by atoms with E-state index in [2.05, 4.69) is 20.0 Å². The van der Waals surface area contributed by atoms with Crippen molar-refractivity contribution in [1.82, 2.24) is 6.14 Å². The fraction of sp³-hybridized carbons (Fsp3) is 1.00. The van der Waals surface area contributed by atoms with Gasteiger partial charge in [-0.15, -0.1) is 0 Å². The van der Waals surface area contributed by atoms with Crippen LogP contribution in [0.4, 0.5) is 0 Å². The minimum absolute atomic E-state index is 0. The topological polar surface area (TPSA) is 82.6 Å². The van der Waals surface area contributed by atoms with Crippen LogP contribution in [0.25, 0.3) is 0 Å². The van der Waals surface area contributed by atoms with E-state index >= 15 is 0 Å². The van der Waals surface area contributed by atoms with Crippen LogP contribution in [0.15, 0.2) is 0 Å². The molecule has 3 heteroatoms. The first kappa shape index (κ1) is 9.63. The van der Waals surface area contributed by atoms with Crippen LogP contribution in [-0.2, 0) is 0 Å². The molecule has 0 aliphatic heterocycles. The summed E-state index contributed by atoms with van der Waals surface area (Å²) in [6.45, 7) is 4.36. The molecule has 3 N–H and O–H groups in total. The second-order valence-corrected chi connectivity index (χ2v) is 1.000. The van der Waals surface area contributed by atoms with Gasteiger partial charge in [-0.3, -0.25) is 0 Å². The summed E-state index contributed by atoms with van der Waals surface area (Å²) in [5.41, 5.74) is 0. The number of unbranched alkanes of at least 4 members (excludes halogenated alkanes) is 1. The lowest BCUT2D eigenvalue weighted by Crippen LogP contribution is -1.47. The van der Waals surface area contributed by atoms with E-state index in [-0.39, 0.29) is 2.85 Å². The molecule has 0 spiro atoms. The minimum atomic E-state index is 0. The van der Waals surface area contributed by atoms with E-state index < -0.39 is 0 Å². The second-order valence-electron chi connectivity index (χ2n) is 1.000. The summed E-state index contributed by atoms with van der Waals surface area (Å²) in [5.74, 6) is 0. The molecular formula is C4H17N3. The monoisotopic (exact) mass is 111 g/mol. The van der Waals surface area contributed by atoms with Crippen molar-refractivity contribution in [2.24, 2.45) is 0 Å². The largest absolute Gasteiger partial charge is 0.344 e. The molecule has 0 saturated carbocycles. The standard InChI is InChI=1S/C4H10.N2.H3N.2H2/c1-3-4-2;1-2;;;/h3-4H2,1-2H3;;1H3;2*1H/i;;;2*1+1/hT. The Hall–Kier alpha value is -0.620. The first-order valence-electron chi connectivity index (χ1n) is 2.69. The van der Waals surface area contributed by atoms with Crippen molar-refractivity contribution in [3.8, 4) is 0 Å². The molecule has 0 fully saturated rings. The van der Waals surface area contributed by atoms with Gasteiger partial charge in [-0.05, 0) is 0 Å². The van der Waals surface area contributed by atoms with E-state index in [1.54, 1.807) is 0 Å². The third-order valence-electron chi connectivity index (χ3n) is 0.500. The Kier molecular flexibility index (Phi) is 74.5. The van der Waals surface area contributed by atoms with Crippen molar-refractivity contribution in [3.05, 3.63) is 0 Å². The molecule has 0 heterocycles. The third-order valence-corrected chi connectivity index (χ3v) is 0.500.